The number of imidazole rings is 1. The summed E-state index contributed by atoms with van der Waals surface area (Å²) in [5.41, 5.74) is 7.79. The zero-order valence-corrected chi connectivity index (χ0v) is 11.1. The zero-order valence-electron chi connectivity index (χ0n) is 10.3. The maximum Gasteiger partial charge on any atom is 0.201 e. The van der Waals surface area contributed by atoms with Crippen LogP contribution in [-0.4, -0.2) is 22.8 Å². The zero-order chi connectivity index (χ0) is 12.8. The molecule has 1 aliphatic rings. The first kappa shape index (κ1) is 11.8. The number of nitrogens with zero attached hydrogens (tertiary/aromatic N) is 2. The summed E-state index contributed by atoms with van der Waals surface area (Å²) in [5, 5.41) is 0.698. The minimum atomic E-state index is -0.137. The first-order valence-corrected chi connectivity index (χ1v) is 6.50. The third kappa shape index (κ3) is 1.76. The van der Waals surface area contributed by atoms with E-state index in [0.717, 1.165) is 30.5 Å². The number of hydrogen-bond donors (Lipinski definition) is 1. The van der Waals surface area contributed by atoms with Gasteiger partial charge in [0.05, 0.1) is 23.2 Å². The molecule has 2 heterocycles. The molecule has 1 fully saturated rings. The molecule has 5 heteroatoms. The summed E-state index contributed by atoms with van der Waals surface area (Å²) >= 11 is 6.07. The number of benzene rings is 1. The minimum Gasteiger partial charge on any atom is -0.379 e. The lowest BCUT2D eigenvalue weighted by molar-refractivity contribution is 0.0124. The fraction of sp³-hybridized carbons (Fsp3) is 0.462. The molecule has 18 heavy (non-hydrogen) atoms. The first-order chi connectivity index (χ1) is 8.60. The van der Waals surface area contributed by atoms with E-state index in [1.165, 1.54) is 0 Å². The highest BCUT2D eigenvalue weighted by Crippen LogP contribution is 2.34. The number of rotatable bonds is 1. The van der Waals surface area contributed by atoms with Crippen LogP contribution in [0.15, 0.2) is 18.2 Å². The van der Waals surface area contributed by atoms with Crippen molar-refractivity contribution >= 4 is 28.6 Å². The molecule has 0 spiro atoms. The van der Waals surface area contributed by atoms with Crippen molar-refractivity contribution in [3.05, 3.63) is 23.2 Å². The van der Waals surface area contributed by atoms with E-state index in [4.69, 9.17) is 22.1 Å². The molecule has 0 amide bonds. The maximum atomic E-state index is 6.07. The fourth-order valence-electron chi connectivity index (χ4n) is 2.73. The van der Waals surface area contributed by atoms with Gasteiger partial charge in [-0.1, -0.05) is 11.6 Å². The van der Waals surface area contributed by atoms with Crippen molar-refractivity contribution in [3.8, 4) is 0 Å². The lowest BCUT2D eigenvalue weighted by Gasteiger charge is -2.35. The van der Waals surface area contributed by atoms with Crippen LogP contribution in [-0.2, 0) is 10.3 Å². The molecule has 1 aromatic carbocycles. The summed E-state index contributed by atoms with van der Waals surface area (Å²) in [5.74, 6) is 0.528. The third-order valence-corrected chi connectivity index (χ3v) is 3.83. The largest absolute Gasteiger partial charge is 0.379 e. The topological polar surface area (TPSA) is 53.1 Å². The fourth-order valence-corrected chi connectivity index (χ4v) is 2.90. The van der Waals surface area contributed by atoms with Crippen LogP contribution in [0.25, 0.3) is 11.0 Å². The molecule has 2 N–H and O–H groups in total. The van der Waals surface area contributed by atoms with E-state index in [-0.39, 0.29) is 5.54 Å². The Bertz CT molecular complexity index is 587. The summed E-state index contributed by atoms with van der Waals surface area (Å²) in [6.45, 7) is 3.64. The Balaban J connectivity index is 2.20. The number of ether oxygens (including phenoxy) is 1. The number of fused-ring (bicyclic) bond motifs is 1. The van der Waals surface area contributed by atoms with Crippen molar-refractivity contribution in [2.45, 2.75) is 25.3 Å². The van der Waals surface area contributed by atoms with Crippen LogP contribution in [0, 0.1) is 0 Å². The molecule has 4 nitrogen and oxygen atoms in total. The van der Waals surface area contributed by atoms with E-state index in [9.17, 15) is 0 Å². The summed E-state index contributed by atoms with van der Waals surface area (Å²) in [7, 11) is 0. The molecule has 0 radical (unpaired) electrons. The molecule has 96 valence electrons. The molecule has 0 saturated carbocycles. The molecule has 0 bridgehead atoms. The molecule has 1 saturated heterocycles. The van der Waals surface area contributed by atoms with Gasteiger partial charge in [0, 0.05) is 11.6 Å². The molecule has 1 aliphatic heterocycles. The van der Waals surface area contributed by atoms with Gasteiger partial charge in [0.1, 0.15) is 0 Å². The number of halogens is 1. The molecule has 3 rings (SSSR count). The van der Waals surface area contributed by atoms with Crippen molar-refractivity contribution in [1.82, 2.24) is 9.55 Å². The van der Waals surface area contributed by atoms with Gasteiger partial charge in [-0.25, -0.2) is 4.98 Å². The standard InChI is InChI=1S/C13H16ClN3O/c1-13(5-2-6-18-8-13)17-11-7-9(14)3-4-10(11)16-12(17)15/h3-4,7H,2,5-6,8H2,1H3,(H2,15,16). The maximum absolute atomic E-state index is 6.07. The van der Waals surface area contributed by atoms with Crippen LogP contribution in [0.1, 0.15) is 19.8 Å². The van der Waals surface area contributed by atoms with Crippen molar-refractivity contribution < 1.29 is 4.74 Å². The van der Waals surface area contributed by atoms with Crippen LogP contribution in [0.5, 0.6) is 0 Å². The van der Waals surface area contributed by atoms with Crippen molar-refractivity contribution in [3.63, 3.8) is 0 Å². The molecule has 1 aromatic heterocycles. The average Bonchev–Trinajstić information content (AvgIpc) is 2.66. The Hall–Kier alpha value is -1.26. The van der Waals surface area contributed by atoms with Gasteiger partial charge in [0.15, 0.2) is 0 Å². The highest BCUT2D eigenvalue weighted by Gasteiger charge is 2.32. The SMILES string of the molecule is CC1(n2c(N)nc3ccc(Cl)cc32)CCCOC1. The van der Waals surface area contributed by atoms with E-state index in [1.807, 2.05) is 18.2 Å². The van der Waals surface area contributed by atoms with Crippen LogP contribution in [0.2, 0.25) is 5.02 Å². The normalized spacial score (nSPS) is 24.6. The molecule has 2 aromatic rings. The van der Waals surface area contributed by atoms with Gasteiger partial charge in [-0.15, -0.1) is 0 Å². The second-order valence-electron chi connectivity index (χ2n) is 5.09. The average molecular weight is 266 g/mol. The Morgan fingerprint density at radius 2 is 2.33 bits per heavy atom. The summed E-state index contributed by atoms with van der Waals surface area (Å²) in [6, 6.07) is 5.65. The highest BCUT2D eigenvalue weighted by molar-refractivity contribution is 6.31. The third-order valence-electron chi connectivity index (χ3n) is 3.60. The van der Waals surface area contributed by atoms with Gasteiger partial charge in [-0.2, -0.15) is 0 Å². The van der Waals surface area contributed by atoms with Crippen LogP contribution >= 0.6 is 11.6 Å². The number of nitrogen functional groups attached to an aromatic ring is 1. The van der Waals surface area contributed by atoms with E-state index in [1.54, 1.807) is 0 Å². The lowest BCUT2D eigenvalue weighted by Crippen LogP contribution is -2.39. The van der Waals surface area contributed by atoms with Gasteiger partial charge in [-0.05, 0) is 38.0 Å². The van der Waals surface area contributed by atoms with Gasteiger partial charge < -0.3 is 15.0 Å². The lowest BCUT2D eigenvalue weighted by atomic mass is 9.94. The Kier molecular flexibility index (Phi) is 2.72. The Labute approximate surface area is 111 Å². The summed E-state index contributed by atoms with van der Waals surface area (Å²) in [6.07, 6.45) is 2.07. The smallest absolute Gasteiger partial charge is 0.201 e. The Morgan fingerprint density at radius 3 is 3.06 bits per heavy atom. The second kappa shape index (κ2) is 4.14. The van der Waals surface area contributed by atoms with E-state index in [0.29, 0.717) is 17.6 Å². The molecule has 1 atom stereocenters. The summed E-state index contributed by atoms with van der Waals surface area (Å²) in [4.78, 5) is 4.40. The van der Waals surface area contributed by atoms with Crippen LogP contribution in [0.4, 0.5) is 5.95 Å². The Morgan fingerprint density at radius 1 is 1.50 bits per heavy atom. The van der Waals surface area contributed by atoms with Gasteiger partial charge >= 0.3 is 0 Å². The number of nitrogens with two attached hydrogens (primary N) is 1. The van der Waals surface area contributed by atoms with E-state index in [2.05, 4.69) is 16.5 Å². The number of anilines is 1. The predicted molar refractivity (Wildman–Crippen MR) is 72.9 cm³/mol. The molecular formula is C13H16ClN3O. The molecular weight excluding hydrogens is 250 g/mol. The first-order valence-electron chi connectivity index (χ1n) is 6.12. The monoisotopic (exact) mass is 265 g/mol. The van der Waals surface area contributed by atoms with Crippen LogP contribution in [0.3, 0.4) is 0 Å². The van der Waals surface area contributed by atoms with Crippen LogP contribution < -0.4 is 5.73 Å². The number of hydrogen-bond acceptors (Lipinski definition) is 3. The predicted octanol–water partition coefficient (Wildman–Crippen LogP) is 2.80. The highest BCUT2D eigenvalue weighted by atomic mass is 35.5. The van der Waals surface area contributed by atoms with Crippen molar-refractivity contribution in [2.75, 3.05) is 18.9 Å². The van der Waals surface area contributed by atoms with Gasteiger partial charge in [-0.3, -0.25) is 0 Å². The molecule has 0 aliphatic carbocycles. The summed E-state index contributed by atoms with van der Waals surface area (Å²) < 4.78 is 7.67. The second-order valence-corrected chi connectivity index (χ2v) is 5.53. The number of aromatic nitrogens is 2. The van der Waals surface area contributed by atoms with E-state index >= 15 is 0 Å². The quantitative estimate of drug-likeness (QED) is 0.863. The van der Waals surface area contributed by atoms with Crippen molar-refractivity contribution in [1.29, 1.82) is 0 Å². The van der Waals surface area contributed by atoms with E-state index < -0.39 is 0 Å². The van der Waals surface area contributed by atoms with Crippen molar-refractivity contribution in [2.24, 2.45) is 0 Å². The molecule has 1 unspecified atom stereocenters. The minimum absolute atomic E-state index is 0.137. The van der Waals surface area contributed by atoms with Gasteiger partial charge in [0.2, 0.25) is 5.95 Å². The van der Waals surface area contributed by atoms with Gasteiger partial charge in [0.25, 0.3) is 0 Å².